The highest BCUT2D eigenvalue weighted by Gasteiger charge is 2.15. The van der Waals surface area contributed by atoms with E-state index in [-0.39, 0.29) is 0 Å². The number of aryl methyl sites for hydroxylation is 1. The molecular formula is C16H21NS. The normalized spacial score (nSPS) is 14.4. The van der Waals surface area contributed by atoms with Crippen LogP contribution >= 0.6 is 11.3 Å². The Morgan fingerprint density at radius 2 is 1.94 bits per heavy atom. The van der Waals surface area contributed by atoms with Gasteiger partial charge in [0, 0.05) is 17.0 Å². The zero-order chi connectivity index (χ0) is 13.0. The maximum absolute atomic E-state index is 3.74. The first-order valence-electron chi connectivity index (χ1n) is 6.57. The molecule has 2 aromatic rings. The highest BCUT2D eigenvalue weighted by atomic mass is 32.1. The zero-order valence-electron chi connectivity index (χ0n) is 11.3. The molecular weight excluding hydrogens is 238 g/mol. The van der Waals surface area contributed by atoms with Crippen LogP contribution in [0, 0.1) is 6.92 Å². The van der Waals surface area contributed by atoms with Crippen LogP contribution in [0.3, 0.4) is 0 Å². The van der Waals surface area contributed by atoms with Gasteiger partial charge in [0.05, 0.1) is 0 Å². The van der Waals surface area contributed by atoms with Gasteiger partial charge >= 0.3 is 0 Å². The SMILES string of the molecule is CCC(NC(C)c1ccccc1C)c1cccs1. The van der Waals surface area contributed by atoms with E-state index in [4.69, 9.17) is 0 Å². The summed E-state index contributed by atoms with van der Waals surface area (Å²) in [6.45, 7) is 6.67. The smallest absolute Gasteiger partial charge is 0.0416 e. The molecule has 0 amide bonds. The summed E-state index contributed by atoms with van der Waals surface area (Å²) < 4.78 is 0. The Bertz CT molecular complexity index is 476. The Kier molecular flexibility index (Phi) is 4.56. The van der Waals surface area contributed by atoms with Crippen LogP contribution in [0.2, 0.25) is 0 Å². The van der Waals surface area contributed by atoms with Crippen molar-refractivity contribution in [3.05, 3.63) is 57.8 Å². The van der Waals surface area contributed by atoms with E-state index in [1.165, 1.54) is 16.0 Å². The quantitative estimate of drug-likeness (QED) is 0.808. The summed E-state index contributed by atoms with van der Waals surface area (Å²) in [5, 5.41) is 5.89. The van der Waals surface area contributed by atoms with Crippen molar-refractivity contribution in [2.75, 3.05) is 0 Å². The first-order valence-corrected chi connectivity index (χ1v) is 7.45. The fourth-order valence-corrected chi connectivity index (χ4v) is 3.23. The monoisotopic (exact) mass is 259 g/mol. The van der Waals surface area contributed by atoms with E-state index in [0.717, 1.165) is 6.42 Å². The number of thiophene rings is 1. The summed E-state index contributed by atoms with van der Waals surface area (Å²) in [5.74, 6) is 0. The van der Waals surface area contributed by atoms with Gasteiger partial charge in [0.1, 0.15) is 0 Å². The molecule has 2 atom stereocenters. The first-order chi connectivity index (χ1) is 8.72. The molecule has 0 bridgehead atoms. The van der Waals surface area contributed by atoms with Crippen LogP contribution in [0.1, 0.15) is 48.4 Å². The fourth-order valence-electron chi connectivity index (χ4n) is 2.35. The molecule has 0 aliphatic heterocycles. The lowest BCUT2D eigenvalue weighted by atomic mass is 10.0. The van der Waals surface area contributed by atoms with Gasteiger partial charge in [-0.25, -0.2) is 0 Å². The Hall–Kier alpha value is -1.12. The van der Waals surface area contributed by atoms with Gasteiger partial charge in [0.2, 0.25) is 0 Å². The summed E-state index contributed by atoms with van der Waals surface area (Å²) in [7, 11) is 0. The van der Waals surface area contributed by atoms with Crippen LogP contribution in [-0.2, 0) is 0 Å². The lowest BCUT2D eigenvalue weighted by molar-refractivity contribution is 0.461. The molecule has 1 aromatic carbocycles. The molecule has 0 aliphatic carbocycles. The maximum atomic E-state index is 3.74. The summed E-state index contributed by atoms with van der Waals surface area (Å²) in [6, 6.07) is 13.8. The average molecular weight is 259 g/mol. The van der Waals surface area contributed by atoms with Crippen molar-refractivity contribution in [2.24, 2.45) is 0 Å². The molecule has 1 nitrogen and oxygen atoms in total. The van der Waals surface area contributed by atoms with E-state index in [1.54, 1.807) is 0 Å². The Balaban J connectivity index is 2.11. The van der Waals surface area contributed by atoms with Crippen molar-refractivity contribution in [3.8, 4) is 0 Å². The number of hydrogen-bond donors (Lipinski definition) is 1. The second-order valence-corrected chi connectivity index (χ2v) is 5.70. The number of benzene rings is 1. The Morgan fingerprint density at radius 3 is 2.56 bits per heavy atom. The molecule has 0 saturated carbocycles. The fraction of sp³-hybridized carbons (Fsp3) is 0.375. The van der Waals surface area contributed by atoms with Crippen molar-refractivity contribution >= 4 is 11.3 Å². The van der Waals surface area contributed by atoms with Gasteiger partial charge in [-0.05, 0) is 42.8 Å². The Labute approximate surface area is 114 Å². The van der Waals surface area contributed by atoms with Gasteiger partial charge in [-0.2, -0.15) is 0 Å². The topological polar surface area (TPSA) is 12.0 Å². The average Bonchev–Trinajstić information content (AvgIpc) is 2.90. The summed E-state index contributed by atoms with van der Waals surface area (Å²) in [5.41, 5.74) is 2.76. The van der Waals surface area contributed by atoms with Crippen LogP contribution < -0.4 is 5.32 Å². The molecule has 2 heteroatoms. The summed E-state index contributed by atoms with van der Waals surface area (Å²) in [6.07, 6.45) is 1.12. The molecule has 0 aliphatic rings. The number of rotatable bonds is 5. The molecule has 2 unspecified atom stereocenters. The van der Waals surface area contributed by atoms with Gasteiger partial charge in [0.15, 0.2) is 0 Å². The van der Waals surface area contributed by atoms with Crippen LogP contribution in [0.25, 0.3) is 0 Å². The molecule has 1 heterocycles. The van der Waals surface area contributed by atoms with E-state index < -0.39 is 0 Å². The van der Waals surface area contributed by atoms with Crippen molar-refractivity contribution in [1.82, 2.24) is 5.32 Å². The third-order valence-corrected chi connectivity index (χ3v) is 4.39. The minimum Gasteiger partial charge on any atom is -0.303 e. The molecule has 1 aromatic heterocycles. The van der Waals surface area contributed by atoms with Crippen molar-refractivity contribution in [2.45, 2.75) is 39.3 Å². The van der Waals surface area contributed by atoms with Crippen molar-refractivity contribution in [1.29, 1.82) is 0 Å². The van der Waals surface area contributed by atoms with Crippen molar-refractivity contribution < 1.29 is 0 Å². The van der Waals surface area contributed by atoms with E-state index in [1.807, 2.05) is 11.3 Å². The minimum absolute atomic E-state index is 0.387. The van der Waals surface area contributed by atoms with Gasteiger partial charge in [-0.15, -0.1) is 11.3 Å². The van der Waals surface area contributed by atoms with E-state index in [2.05, 4.69) is 67.9 Å². The van der Waals surface area contributed by atoms with Crippen molar-refractivity contribution in [3.63, 3.8) is 0 Å². The third-order valence-electron chi connectivity index (χ3n) is 3.40. The molecule has 0 saturated heterocycles. The number of hydrogen-bond acceptors (Lipinski definition) is 2. The molecule has 18 heavy (non-hydrogen) atoms. The van der Waals surface area contributed by atoms with Crippen LogP contribution in [-0.4, -0.2) is 0 Å². The summed E-state index contributed by atoms with van der Waals surface area (Å²) >= 11 is 1.83. The van der Waals surface area contributed by atoms with E-state index >= 15 is 0 Å². The van der Waals surface area contributed by atoms with E-state index in [9.17, 15) is 0 Å². The van der Waals surface area contributed by atoms with Gasteiger partial charge < -0.3 is 5.32 Å². The summed E-state index contributed by atoms with van der Waals surface area (Å²) in [4.78, 5) is 1.43. The third kappa shape index (κ3) is 3.01. The van der Waals surface area contributed by atoms with Gasteiger partial charge in [-0.1, -0.05) is 37.3 Å². The molecule has 96 valence electrons. The lowest BCUT2D eigenvalue weighted by Crippen LogP contribution is -2.24. The highest BCUT2D eigenvalue weighted by Crippen LogP contribution is 2.26. The highest BCUT2D eigenvalue weighted by molar-refractivity contribution is 7.10. The first kappa shape index (κ1) is 13.3. The maximum Gasteiger partial charge on any atom is 0.0416 e. The Morgan fingerprint density at radius 1 is 1.17 bits per heavy atom. The van der Waals surface area contributed by atoms with Crippen LogP contribution in [0.15, 0.2) is 41.8 Å². The van der Waals surface area contributed by atoms with Crippen LogP contribution in [0.5, 0.6) is 0 Å². The molecule has 2 rings (SSSR count). The number of nitrogens with one attached hydrogen (secondary N) is 1. The molecule has 0 fully saturated rings. The molecule has 1 N–H and O–H groups in total. The predicted molar refractivity (Wildman–Crippen MR) is 80.1 cm³/mol. The van der Waals surface area contributed by atoms with E-state index in [0.29, 0.717) is 12.1 Å². The van der Waals surface area contributed by atoms with Gasteiger partial charge in [0.25, 0.3) is 0 Å². The second kappa shape index (κ2) is 6.17. The largest absolute Gasteiger partial charge is 0.303 e. The second-order valence-electron chi connectivity index (χ2n) is 4.72. The standard InChI is InChI=1S/C16H21NS/c1-4-15(16-10-7-11-18-16)17-13(3)14-9-6-5-8-12(14)2/h5-11,13,15,17H,4H2,1-3H3. The lowest BCUT2D eigenvalue weighted by Gasteiger charge is -2.23. The zero-order valence-corrected chi connectivity index (χ0v) is 12.1. The molecule has 0 radical (unpaired) electrons. The molecule has 0 spiro atoms. The van der Waals surface area contributed by atoms with Gasteiger partial charge in [-0.3, -0.25) is 0 Å². The predicted octanol–water partition coefficient (Wildman–Crippen LogP) is 4.86. The minimum atomic E-state index is 0.387. The van der Waals surface area contributed by atoms with Crippen LogP contribution in [0.4, 0.5) is 0 Å².